The van der Waals surface area contributed by atoms with Crippen molar-refractivity contribution in [3.8, 4) is 5.75 Å². The molecule has 0 saturated heterocycles. The predicted octanol–water partition coefficient (Wildman–Crippen LogP) is 4.53. The molecule has 6 nitrogen and oxygen atoms in total. The van der Waals surface area contributed by atoms with E-state index in [0.29, 0.717) is 39.5 Å². The SMILES string of the molecule is CCCOc1cccc(NC(=O)c2sc3nc4n(c(=O)c3c2C)CCCCC4)c1. The predicted molar refractivity (Wildman–Crippen MR) is 116 cm³/mol. The fourth-order valence-corrected chi connectivity index (χ4v) is 4.78. The monoisotopic (exact) mass is 411 g/mol. The van der Waals surface area contributed by atoms with Crippen LogP contribution >= 0.6 is 11.3 Å². The Morgan fingerprint density at radius 1 is 1.31 bits per heavy atom. The molecule has 1 aromatic carbocycles. The summed E-state index contributed by atoms with van der Waals surface area (Å²) in [7, 11) is 0. The number of carbonyl (C=O) groups excluding carboxylic acids is 1. The standard InChI is InChI=1S/C22H25N3O3S/c1-3-12-28-16-9-7-8-15(13-16)23-20(26)19-14(2)18-21(29-19)24-17-10-5-4-6-11-25(17)22(18)27/h7-9,13H,3-6,10-12H2,1-2H3,(H,23,26). The molecule has 7 heteroatoms. The zero-order valence-electron chi connectivity index (χ0n) is 16.8. The van der Waals surface area contributed by atoms with Crippen LogP contribution in [-0.4, -0.2) is 22.1 Å². The first-order valence-electron chi connectivity index (χ1n) is 10.2. The van der Waals surface area contributed by atoms with Gasteiger partial charge in [-0.25, -0.2) is 4.98 Å². The van der Waals surface area contributed by atoms with Crippen LogP contribution in [0.2, 0.25) is 0 Å². The van der Waals surface area contributed by atoms with E-state index in [0.717, 1.165) is 43.7 Å². The van der Waals surface area contributed by atoms with E-state index in [1.165, 1.54) is 11.3 Å². The Morgan fingerprint density at radius 2 is 2.17 bits per heavy atom. The number of amides is 1. The number of aromatic nitrogens is 2. The molecule has 3 aromatic rings. The molecule has 152 valence electrons. The van der Waals surface area contributed by atoms with Gasteiger partial charge in [0.25, 0.3) is 11.5 Å². The Hall–Kier alpha value is -2.67. The van der Waals surface area contributed by atoms with E-state index in [9.17, 15) is 9.59 Å². The second kappa shape index (κ2) is 8.37. The highest BCUT2D eigenvalue weighted by Crippen LogP contribution is 2.29. The lowest BCUT2D eigenvalue weighted by Crippen LogP contribution is -2.24. The van der Waals surface area contributed by atoms with E-state index < -0.39 is 0 Å². The van der Waals surface area contributed by atoms with Crippen molar-refractivity contribution in [3.63, 3.8) is 0 Å². The van der Waals surface area contributed by atoms with Crippen molar-refractivity contribution >= 4 is 33.1 Å². The average Bonchev–Trinajstić information content (AvgIpc) is 2.88. The van der Waals surface area contributed by atoms with Crippen molar-refractivity contribution < 1.29 is 9.53 Å². The number of hydrogen-bond acceptors (Lipinski definition) is 5. The van der Waals surface area contributed by atoms with Gasteiger partial charge < -0.3 is 10.1 Å². The molecule has 0 bridgehead atoms. The van der Waals surface area contributed by atoms with Gasteiger partial charge in [-0.3, -0.25) is 14.2 Å². The van der Waals surface area contributed by atoms with Gasteiger partial charge in [-0.15, -0.1) is 11.3 Å². The Balaban J connectivity index is 1.66. The molecular weight excluding hydrogens is 386 g/mol. The van der Waals surface area contributed by atoms with Gasteiger partial charge in [0.2, 0.25) is 0 Å². The van der Waals surface area contributed by atoms with Crippen LogP contribution in [0.3, 0.4) is 0 Å². The van der Waals surface area contributed by atoms with Gasteiger partial charge in [0, 0.05) is 24.7 Å². The Labute approximate surface area is 173 Å². The molecule has 0 radical (unpaired) electrons. The van der Waals surface area contributed by atoms with E-state index in [2.05, 4.69) is 5.32 Å². The number of aryl methyl sites for hydroxylation is 2. The van der Waals surface area contributed by atoms with Crippen molar-refractivity contribution in [2.75, 3.05) is 11.9 Å². The Morgan fingerprint density at radius 3 is 3.00 bits per heavy atom. The average molecular weight is 412 g/mol. The van der Waals surface area contributed by atoms with Gasteiger partial charge in [0.15, 0.2) is 0 Å². The summed E-state index contributed by atoms with van der Waals surface area (Å²) in [5.41, 5.74) is 1.36. The molecule has 1 aliphatic rings. The zero-order valence-corrected chi connectivity index (χ0v) is 17.6. The first kappa shape index (κ1) is 19.6. The summed E-state index contributed by atoms with van der Waals surface area (Å²) >= 11 is 1.30. The lowest BCUT2D eigenvalue weighted by atomic mass is 10.2. The van der Waals surface area contributed by atoms with Crippen LogP contribution in [0.5, 0.6) is 5.75 Å². The molecule has 1 aliphatic heterocycles. The van der Waals surface area contributed by atoms with Crippen molar-refractivity contribution in [1.82, 2.24) is 9.55 Å². The smallest absolute Gasteiger partial charge is 0.266 e. The largest absolute Gasteiger partial charge is 0.494 e. The van der Waals surface area contributed by atoms with Gasteiger partial charge in [-0.1, -0.05) is 19.4 Å². The molecule has 0 unspecified atom stereocenters. The van der Waals surface area contributed by atoms with Gasteiger partial charge >= 0.3 is 0 Å². The Kier molecular flexibility index (Phi) is 5.67. The van der Waals surface area contributed by atoms with Crippen molar-refractivity contribution in [1.29, 1.82) is 0 Å². The summed E-state index contributed by atoms with van der Waals surface area (Å²) in [6, 6.07) is 7.36. The molecule has 29 heavy (non-hydrogen) atoms. The summed E-state index contributed by atoms with van der Waals surface area (Å²) in [5.74, 6) is 1.34. The fraction of sp³-hybridized carbons (Fsp3) is 0.409. The second-order valence-electron chi connectivity index (χ2n) is 7.36. The summed E-state index contributed by atoms with van der Waals surface area (Å²) in [4.78, 5) is 31.9. The van der Waals surface area contributed by atoms with Crippen LogP contribution in [0, 0.1) is 6.92 Å². The quantitative estimate of drug-likeness (QED) is 0.669. The number of nitrogens with zero attached hydrogens (tertiary/aromatic N) is 2. The third-order valence-electron chi connectivity index (χ3n) is 5.18. The molecule has 2 aromatic heterocycles. The molecule has 1 N–H and O–H groups in total. The molecule has 4 rings (SSSR count). The summed E-state index contributed by atoms with van der Waals surface area (Å²) < 4.78 is 7.43. The second-order valence-corrected chi connectivity index (χ2v) is 8.36. The molecule has 0 saturated carbocycles. The summed E-state index contributed by atoms with van der Waals surface area (Å²) in [6.07, 6.45) is 4.89. The van der Waals surface area contributed by atoms with Crippen molar-refractivity contribution in [2.24, 2.45) is 0 Å². The van der Waals surface area contributed by atoms with Crippen LogP contribution in [-0.2, 0) is 13.0 Å². The number of anilines is 1. The van der Waals surface area contributed by atoms with E-state index >= 15 is 0 Å². The lowest BCUT2D eigenvalue weighted by Gasteiger charge is -2.08. The normalized spacial score (nSPS) is 13.7. The highest BCUT2D eigenvalue weighted by Gasteiger charge is 2.22. The van der Waals surface area contributed by atoms with Crippen LogP contribution in [0.25, 0.3) is 10.2 Å². The van der Waals surface area contributed by atoms with Crippen LogP contribution in [0.4, 0.5) is 5.69 Å². The van der Waals surface area contributed by atoms with Crippen LogP contribution in [0.1, 0.15) is 53.7 Å². The first-order valence-corrected chi connectivity index (χ1v) is 11.0. The number of rotatable bonds is 5. The van der Waals surface area contributed by atoms with Gasteiger partial charge in [0.05, 0.1) is 16.9 Å². The fourth-order valence-electron chi connectivity index (χ4n) is 3.70. The molecule has 0 aliphatic carbocycles. The number of carbonyl (C=O) groups is 1. The molecule has 3 heterocycles. The molecule has 0 atom stereocenters. The highest BCUT2D eigenvalue weighted by atomic mass is 32.1. The van der Waals surface area contributed by atoms with E-state index in [1.54, 1.807) is 4.57 Å². The minimum absolute atomic E-state index is 0.0188. The number of fused-ring (bicyclic) bond motifs is 2. The van der Waals surface area contributed by atoms with Crippen LogP contribution < -0.4 is 15.6 Å². The summed E-state index contributed by atoms with van der Waals surface area (Å²) in [6.45, 7) is 5.22. The third-order valence-corrected chi connectivity index (χ3v) is 6.37. The maximum absolute atomic E-state index is 13.1. The number of hydrogen-bond donors (Lipinski definition) is 1. The Bertz CT molecular complexity index is 1120. The van der Waals surface area contributed by atoms with Crippen molar-refractivity contribution in [2.45, 2.75) is 52.5 Å². The third kappa shape index (κ3) is 3.92. The number of thiophene rings is 1. The van der Waals surface area contributed by atoms with Crippen LogP contribution in [0.15, 0.2) is 29.1 Å². The minimum atomic E-state index is -0.224. The topological polar surface area (TPSA) is 73.2 Å². The van der Waals surface area contributed by atoms with E-state index in [4.69, 9.17) is 9.72 Å². The summed E-state index contributed by atoms with van der Waals surface area (Å²) in [5, 5.41) is 3.51. The van der Waals surface area contributed by atoms with Gasteiger partial charge in [0.1, 0.15) is 16.4 Å². The molecule has 1 amide bonds. The van der Waals surface area contributed by atoms with E-state index in [-0.39, 0.29) is 11.5 Å². The first-order chi connectivity index (χ1) is 14.1. The maximum Gasteiger partial charge on any atom is 0.266 e. The lowest BCUT2D eigenvalue weighted by molar-refractivity contribution is 0.103. The highest BCUT2D eigenvalue weighted by molar-refractivity contribution is 7.20. The van der Waals surface area contributed by atoms with Gasteiger partial charge in [-0.2, -0.15) is 0 Å². The van der Waals surface area contributed by atoms with E-state index in [1.807, 2.05) is 38.1 Å². The van der Waals surface area contributed by atoms with Crippen molar-refractivity contribution in [3.05, 3.63) is 50.9 Å². The number of nitrogens with one attached hydrogen (secondary N) is 1. The molecule has 0 spiro atoms. The number of benzene rings is 1. The number of ether oxygens (including phenoxy) is 1. The minimum Gasteiger partial charge on any atom is -0.494 e. The zero-order chi connectivity index (χ0) is 20.4. The van der Waals surface area contributed by atoms with Gasteiger partial charge in [-0.05, 0) is 43.9 Å². The molecule has 0 fully saturated rings. The maximum atomic E-state index is 13.1. The molecular formula is C22H25N3O3S.